The van der Waals surface area contributed by atoms with E-state index >= 15 is 0 Å². The quantitative estimate of drug-likeness (QED) is 0.218. The first-order valence-electron chi connectivity index (χ1n) is 13.9. The zero-order chi connectivity index (χ0) is 30.7. The number of carbonyl (C=O) groups is 1. The van der Waals surface area contributed by atoms with Crippen LogP contribution in [0.2, 0.25) is 0 Å². The number of rotatable bonds is 8. The Kier molecular flexibility index (Phi) is 8.24. The number of fused-ring (bicyclic) bond motifs is 3. The van der Waals surface area contributed by atoms with Crippen molar-refractivity contribution in [2.24, 2.45) is 0 Å². The van der Waals surface area contributed by atoms with Gasteiger partial charge in [-0.05, 0) is 68.4 Å². The topological polar surface area (TPSA) is 107 Å². The van der Waals surface area contributed by atoms with Crippen molar-refractivity contribution in [1.29, 1.82) is 0 Å². The number of hydrogen-bond acceptors (Lipinski definition) is 8. The molecule has 3 heterocycles. The molecule has 0 saturated carbocycles. The zero-order valence-electron chi connectivity index (χ0n) is 23.2. The van der Waals surface area contributed by atoms with Crippen molar-refractivity contribution in [3.8, 4) is 28.9 Å². The van der Waals surface area contributed by atoms with Gasteiger partial charge < -0.3 is 29.6 Å². The van der Waals surface area contributed by atoms with Crippen molar-refractivity contribution in [1.82, 2.24) is 14.9 Å². The first-order valence-corrected chi connectivity index (χ1v) is 13.9. The summed E-state index contributed by atoms with van der Waals surface area (Å²) in [5, 5.41) is 5.04. The largest absolute Gasteiger partial charge is 0.488 e. The second-order valence-electron chi connectivity index (χ2n) is 10.1. The van der Waals surface area contributed by atoms with E-state index in [9.17, 15) is 22.4 Å². The predicted molar refractivity (Wildman–Crippen MR) is 152 cm³/mol. The first-order chi connectivity index (χ1) is 21.2. The molecule has 4 aromatic rings. The number of amides is 2. The van der Waals surface area contributed by atoms with Crippen LogP contribution in [0.25, 0.3) is 10.9 Å². The lowest BCUT2D eigenvalue weighted by atomic mass is 10.1. The molecule has 1 aromatic heterocycles. The van der Waals surface area contributed by atoms with Crippen molar-refractivity contribution in [2.45, 2.75) is 19.0 Å². The van der Waals surface area contributed by atoms with E-state index in [1.807, 2.05) is 0 Å². The Balaban J connectivity index is 1.16. The van der Waals surface area contributed by atoms with Crippen LogP contribution in [0.4, 0.5) is 33.7 Å². The number of anilines is 2. The van der Waals surface area contributed by atoms with Gasteiger partial charge in [-0.25, -0.2) is 19.2 Å². The summed E-state index contributed by atoms with van der Waals surface area (Å²) in [4.78, 5) is 23.4. The highest BCUT2D eigenvalue weighted by Gasteiger charge is 2.31. The average molecular weight is 614 g/mol. The molecule has 3 aromatic carbocycles. The van der Waals surface area contributed by atoms with Gasteiger partial charge in [-0.2, -0.15) is 13.2 Å². The molecule has 2 aliphatic rings. The van der Waals surface area contributed by atoms with Crippen LogP contribution in [0.5, 0.6) is 28.9 Å². The normalized spacial score (nSPS) is 14.8. The number of carbonyl (C=O) groups excluding carboxylic acids is 1. The fourth-order valence-corrected chi connectivity index (χ4v) is 4.96. The van der Waals surface area contributed by atoms with Gasteiger partial charge >= 0.3 is 12.2 Å². The van der Waals surface area contributed by atoms with E-state index in [0.29, 0.717) is 71.9 Å². The maximum Gasteiger partial charge on any atom is 0.416 e. The van der Waals surface area contributed by atoms with Gasteiger partial charge in [0.2, 0.25) is 11.6 Å². The average Bonchev–Trinajstić information content (AvgIpc) is 3.52. The number of benzene rings is 3. The fourth-order valence-electron chi connectivity index (χ4n) is 4.96. The van der Waals surface area contributed by atoms with E-state index in [0.717, 1.165) is 19.6 Å². The number of ether oxygens (including phenoxy) is 4. The van der Waals surface area contributed by atoms with E-state index in [2.05, 4.69) is 25.5 Å². The summed E-state index contributed by atoms with van der Waals surface area (Å²) in [6.45, 7) is 4.10. The molecule has 230 valence electrons. The minimum atomic E-state index is -4.69. The number of hydrogen-bond donors (Lipinski definition) is 2. The summed E-state index contributed by atoms with van der Waals surface area (Å²) < 4.78 is 76.9. The Labute approximate surface area is 248 Å². The molecule has 0 spiro atoms. The van der Waals surface area contributed by atoms with Crippen molar-refractivity contribution >= 4 is 28.3 Å². The Hall–Kier alpha value is -4.85. The van der Waals surface area contributed by atoms with Crippen LogP contribution < -0.4 is 29.6 Å². The Morgan fingerprint density at radius 3 is 2.45 bits per heavy atom. The Bertz CT molecular complexity index is 1660. The lowest BCUT2D eigenvalue weighted by Gasteiger charge is -2.23. The molecular weight excluding hydrogens is 586 g/mol. The van der Waals surface area contributed by atoms with E-state index in [-0.39, 0.29) is 11.6 Å². The minimum Gasteiger partial charge on any atom is -0.488 e. The number of nitrogens with one attached hydrogen (secondary N) is 2. The van der Waals surface area contributed by atoms with E-state index in [1.54, 1.807) is 18.2 Å². The van der Waals surface area contributed by atoms with Crippen LogP contribution in [0, 0.1) is 5.82 Å². The fraction of sp³-hybridized carbons (Fsp3) is 0.300. The molecule has 0 aliphatic carbocycles. The molecule has 0 atom stereocenters. The summed E-state index contributed by atoms with van der Waals surface area (Å²) in [5.74, 6) is 0.945. The minimum absolute atomic E-state index is 0.207. The molecule has 2 amide bonds. The van der Waals surface area contributed by atoms with E-state index in [1.165, 1.54) is 31.3 Å². The highest BCUT2D eigenvalue weighted by atomic mass is 19.4. The second-order valence-corrected chi connectivity index (χ2v) is 10.1. The van der Waals surface area contributed by atoms with Crippen molar-refractivity contribution < 1.29 is 41.3 Å². The number of alkyl halides is 3. The van der Waals surface area contributed by atoms with Gasteiger partial charge in [0.25, 0.3) is 0 Å². The molecule has 0 bridgehead atoms. The molecule has 6 rings (SSSR count). The van der Waals surface area contributed by atoms with E-state index < -0.39 is 29.3 Å². The van der Waals surface area contributed by atoms with Crippen LogP contribution in [0.15, 0.2) is 54.9 Å². The zero-order valence-corrected chi connectivity index (χ0v) is 23.2. The molecule has 44 heavy (non-hydrogen) atoms. The lowest BCUT2D eigenvalue weighted by Crippen LogP contribution is -2.25. The van der Waals surface area contributed by atoms with Gasteiger partial charge in [-0.1, -0.05) is 0 Å². The highest BCUT2D eigenvalue weighted by Crippen LogP contribution is 2.47. The van der Waals surface area contributed by atoms with Crippen LogP contribution in [-0.4, -0.2) is 60.4 Å². The number of likely N-dealkylation sites (tertiary alicyclic amines) is 1. The Morgan fingerprint density at radius 2 is 1.70 bits per heavy atom. The first kappa shape index (κ1) is 29.2. The molecule has 0 unspecified atom stereocenters. The maximum atomic E-state index is 14.0. The SMILES string of the molecule is O=C(Nc1ccc(Oc2ncnc3cc(OCCN4CCCC4)c4c(c23)OCCO4)cc1)Nc1cc(C(F)(F)F)ccc1F. The third kappa shape index (κ3) is 6.54. The number of halogens is 4. The van der Waals surface area contributed by atoms with Crippen molar-refractivity contribution in [3.05, 3.63) is 66.2 Å². The van der Waals surface area contributed by atoms with Gasteiger partial charge in [0.05, 0.1) is 16.8 Å². The predicted octanol–water partition coefficient (Wildman–Crippen LogP) is 6.47. The summed E-state index contributed by atoms with van der Waals surface area (Å²) in [5.41, 5.74) is -0.887. The molecular formula is C30H27F4N5O5. The molecule has 1 saturated heterocycles. The summed E-state index contributed by atoms with van der Waals surface area (Å²) in [6, 6.07) is 8.69. The summed E-state index contributed by atoms with van der Waals surface area (Å²) in [7, 11) is 0. The smallest absolute Gasteiger partial charge is 0.416 e. The van der Waals surface area contributed by atoms with Crippen molar-refractivity contribution in [2.75, 3.05) is 50.1 Å². The summed E-state index contributed by atoms with van der Waals surface area (Å²) >= 11 is 0. The highest BCUT2D eigenvalue weighted by molar-refractivity contribution is 6.00. The number of nitrogens with zero attached hydrogens (tertiary/aromatic N) is 3. The molecule has 0 radical (unpaired) electrons. The van der Waals surface area contributed by atoms with Gasteiger partial charge in [-0.15, -0.1) is 0 Å². The van der Waals surface area contributed by atoms with Gasteiger partial charge in [0.1, 0.15) is 43.1 Å². The lowest BCUT2D eigenvalue weighted by molar-refractivity contribution is -0.137. The van der Waals surface area contributed by atoms with Gasteiger partial charge in [0.15, 0.2) is 11.5 Å². The third-order valence-corrected chi connectivity index (χ3v) is 7.08. The maximum absolute atomic E-state index is 14.0. The van der Waals surface area contributed by atoms with Crippen LogP contribution in [0.1, 0.15) is 18.4 Å². The van der Waals surface area contributed by atoms with Crippen LogP contribution >= 0.6 is 0 Å². The third-order valence-electron chi connectivity index (χ3n) is 7.08. The second kappa shape index (κ2) is 12.4. The number of aromatic nitrogens is 2. The molecule has 2 N–H and O–H groups in total. The molecule has 14 heteroatoms. The summed E-state index contributed by atoms with van der Waals surface area (Å²) in [6.07, 6.45) is -0.940. The van der Waals surface area contributed by atoms with Gasteiger partial charge in [-0.3, -0.25) is 4.90 Å². The van der Waals surface area contributed by atoms with E-state index in [4.69, 9.17) is 18.9 Å². The Morgan fingerprint density at radius 1 is 0.955 bits per heavy atom. The number of urea groups is 1. The molecule has 2 aliphatic heterocycles. The molecule has 1 fully saturated rings. The van der Waals surface area contributed by atoms with Crippen LogP contribution in [0.3, 0.4) is 0 Å². The monoisotopic (exact) mass is 613 g/mol. The standard InChI is InChI=1S/C30H27F4N5O5/c31-21-8-3-18(30(32,33)34)15-22(21)38-29(40)37-19-4-6-20(7-5-19)44-28-25-23(35-17-36-28)16-24(26-27(25)43-14-13-42-26)41-12-11-39-9-1-2-10-39/h3-8,15-17H,1-2,9-14H2,(H2,37,38,40). The van der Waals surface area contributed by atoms with Gasteiger partial charge in [0, 0.05) is 18.3 Å². The molecule has 10 nitrogen and oxygen atoms in total. The van der Waals surface area contributed by atoms with Crippen LogP contribution in [-0.2, 0) is 6.18 Å². The van der Waals surface area contributed by atoms with Crippen molar-refractivity contribution in [3.63, 3.8) is 0 Å².